The van der Waals surface area contributed by atoms with E-state index >= 15 is 0 Å². The van der Waals surface area contributed by atoms with Crippen molar-refractivity contribution in [2.24, 2.45) is 0 Å². The molecule has 1 rings (SSSR count). The number of piperidine rings is 1. The predicted octanol–water partition coefficient (Wildman–Crippen LogP) is 2.29. The van der Waals surface area contributed by atoms with Gasteiger partial charge in [0.05, 0.1) is 6.17 Å². The molecule has 1 unspecified atom stereocenters. The molecule has 1 heterocycles. The lowest BCUT2D eigenvalue weighted by Crippen LogP contribution is -2.46. The van der Waals surface area contributed by atoms with Gasteiger partial charge < -0.3 is 0 Å². The minimum absolute atomic E-state index is 0. The minimum Gasteiger partial charge on any atom is -0.288 e. The zero-order chi connectivity index (χ0) is 8.97. The summed E-state index contributed by atoms with van der Waals surface area (Å²) in [5.41, 5.74) is 0. The Labute approximate surface area is 90.9 Å². The Bertz CT molecular complexity index is 134. The van der Waals surface area contributed by atoms with Gasteiger partial charge in [0.2, 0.25) is 0 Å². The molecule has 0 aromatic carbocycles. The van der Waals surface area contributed by atoms with Crippen molar-refractivity contribution in [3.8, 4) is 0 Å². The van der Waals surface area contributed by atoms with E-state index in [1.54, 1.807) is 0 Å². The van der Waals surface area contributed by atoms with E-state index < -0.39 is 0 Å². The monoisotopic (exact) mass is 228 g/mol. The average molecular weight is 228 g/mol. The number of hydrogen-bond acceptors (Lipinski definition) is 3. The molecule has 0 N–H and O–H groups in total. The van der Waals surface area contributed by atoms with E-state index in [0.29, 0.717) is 6.17 Å². The second-order valence-electron chi connectivity index (χ2n) is 3.36. The van der Waals surface area contributed by atoms with Crippen molar-refractivity contribution in [2.45, 2.75) is 39.3 Å². The van der Waals surface area contributed by atoms with Crippen LogP contribution in [0.25, 0.3) is 0 Å². The smallest absolute Gasteiger partial charge is 0.0718 e. The SMILES string of the molecule is CCN(CC)C1CCCCN1S.F.F. The molecule has 1 fully saturated rings. The van der Waals surface area contributed by atoms with E-state index in [4.69, 9.17) is 0 Å². The van der Waals surface area contributed by atoms with Crippen LogP contribution in [0.2, 0.25) is 0 Å². The molecule has 14 heavy (non-hydrogen) atoms. The highest BCUT2D eigenvalue weighted by Crippen LogP contribution is 2.21. The summed E-state index contributed by atoms with van der Waals surface area (Å²) in [6.45, 7) is 7.86. The van der Waals surface area contributed by atoms with Gasteiger partial charge in [-0.1, -0.05) is 26.7 Å². The van der Waals surface area contributed by atoms with Crippen molar-refractivity contribution in [3.05, 3.63) is 0 Å². The van der Waals surface area contributed by atoms with E-state index in [0.717, 1.165) is 19.6 Å². The molecular weight excluding hydrogens is 206 g/mol. The number of thiol groups is 1. The van der Waals surface area contributed by atoms with Crippen LogP contribution >= 0.6 is 12.8 Å². The molecule has 0 aliphatic carbocycles. The molecule has 0 spiro atoms. The highest BCUT2D eigenvalue weighted by Gasteiger charge is 2.23. The Morgan fingerprint density at radius 1 is 1.21 bits per heavy atom. The van der Waals surface area contributed by atoms with Crippen molar-refractivity contribution in [1.29, 1.82) is 0 Å². The van der Waals surface area contributed by atoms with Gasteiger partial charge in [0.1, 0.15) is 0 Å². The lowest BCUT2D eigenvalue weighted by atomic mass is 10.1. The van der Waals surface area contributed by atoms with Gasteiger partial charge in [0, 0.05) is 6.54 Å². The molecule has 88 valence electrons. The van der Waals surface area contributed by atoms with Crippen molar-refractivity contribution >= 4 is 12.8 Å². The fraction of sp³-hybridized carbons (Fsp3) is 1.00. The first-order valence-electron chi connectivity index (χ1n) is 4.99. The highest BCUT2D eigenvalue weighted by atomic mass is 32.1. The summed E-state index contributed by atoms with van der Waals surface area (Å²) >= 11 is 4.50. The summed E-state index contributed by atoms with van der Waals surface area (Å²) in [5.74, 6) is 0. The number of rotatable bonds is 3. The molecule has 1 atom stereocenters. The molecule has 0 amide bonds. The molecule has 0 radical (unpaired) electrons. The van der Waals surface area contributed by atoms with Crippen LogP contribution < -0.4 is 0 Å². The number of nitrogens with zero attached hydrogens (tertiary/aromatic N) is 2. The molecule has 1 aliphatic rings. The maximum atomic E-state index is 4.50. The maximum Gasteiger partial charge on any atom is 0.0718 e. The quantitative estimate of drug-likeness (QED) is 0.740. The molecule has 0 aromatic heterocycles. The Kier molecular flexibility index (Phi) is 9.98. The van der Waals surface area contributed by atoms with Crippen LogP contribution in [0.4, 0.5) is 9.41 Å². The van der Waals surface area contributed by atoms with E-state index in [-0.39, 0.29) is 9.41 Å². The van der Waals surface area contributed by atoms with Crippen molar-refractivity contribution in [3.63, 3.8) is 0 Å². The summed E-state index contributed by atoms with van der Waals surface area (Å²) in [6, 6.07) is 0. The van der Waals surface area contributed by atoms with Crippen LogP contribution in [0.5, 0.6) is 0 Å². The van der Waals surface area contributed by atoms with Crippen LogP contribution in [0.3, 0.4) is 0 Å². The third-order valence-corrected chi connectivity index (χ3v) is 3.14. The zero-order valence-electron chi connectivity index (χ0n) is 8.98. The Morgan fingerprint density at radius 2 is 1.79 bits per heavy atom. The molecule has 2 nitrogen and oxygen atoms in total. The van der Waals surface area contributed by atoms with Gasteiger partial charge in [0.15, 0.2) is 0 Å². The third-order valence-electron chi connectivity index (χ3n) is 2.68. The second-order valence-corrected chi connectivity index (χ2v) is 3.87. The summed E-state index contributed by atoms with van der Waals surface area (Å²) in [5, 5.41) is 0. The molecule has 0 saturated carbocycles. The maximum absolute atomic E-state index is 4.50. The fourth-order valence-electron chi connectivity index (χ4n) is 1.91. The Morgan fingerprint density at radius 3 is 2.21 bits per heavy atom. The summed E-state index contributed by atoms with van der Waals surface area (Å²) in [7, 11) is 0. The Hall–Kier alpha value is 0.130. The lowest BCUT2D eigenvalue weighted by Gasteiger charge is -2.38. The van der Waals surface area contributed by atoms with Gasteiger partial charge in [-0.2, -0.15) is 0 Å². The van der Waals surface area contributed by atoms with Crippen LogP contribution in [-0.4, -0.2) is 35.0 Å². The van der Waals surface area contributed by atoms with Gasteiger partial charge in [-0.05, 0) is 32.4 Å². The summed E-state index contributed by atoms with van der Waals surface area (Å²) in [4.78, 5) is 2.48. The first kappa shape index (κ1) is 16.6. The number of halogens is 2. The third kappa shape index (κ3) is 4.11. The summed E-state index contributed by atoms with van der Waals surface area (Å²) in [6.07, 6.45) is 4.53. The van der Waals surface area contributed by atoms with E-state index in [1.807, 2.05) is 0 Å². The normalized spacial score (nSPS) is 22.7. The average Bonchev–Trinajstić information content (AvgIpc) is 2.10. The van der Waals surface area contributed by atoms with Crippen molar-refractivity contribution < 1.29 is 9.41 Å². The van der Waals surface area contributed by atoms with Crippen LogP contribution in [-0.2, 0) is 0 Å². The van der Waals surface area contributed by atoms with Gasteiger partial charge in [-0.15, -0.1) is 0 Å². The first-order chi connectivity index (χ1) is 5.79. The minimum atomic E-state index is 0. The lowest BCUT2D eigenvalue weighted by molar-refractivity contribution is 0.0887. The second kappa shape index (κ2) is 8.44. The fourth-order valence-corrected chi connectivity index (χ4v) is 2.32. The summed E-state index contributed by atoms with van der Waals surface area (Å²) < 4.78 is 2.19. The number of hydrogen-bond donors (Lipinski definition) is 1. The van der Waals surface area contributed by atoms with E-state index in [2.05, 4.69) is 35.9 Å². The molecule has 0 aromatic rings. The van der Waals surface area contributed by atoms with Crippen molar-refractivity contribution in [2.75, 3.05) is 19.6 Å². The standard InChI is InChI=1S/C9H20N2S.2FH/c1-3-10(4-2)9-7-5-6-8-11(9)12;;/h9,12H,3-8H2,1-2H3;2*1H. The Balaban J connectivity index is 0. The van der Waals surface area contributed by atoms with Gasteiger partial charge in [0.25, 0.3) is 0 Å². The zero-order valence-corrected chi connectivity index (χ0v) is 9.87. The largest absolute Gasteiger partial charge is 0.288 e. The molecule has 1 aliphatic heterocycles. The first-order valence-corrected chi connectivity index (χ1v) is 5.39. The van der Waals surface area contributed by atoms with Crippen LogP contribution in [0, 0.1) is 0 Å². The highest BCUT2D eigenvalue weighted by molar-refractivity contribution is 7.77. The molecule has 1 saturated heterocycles. The van der Waals surface area contributed by atoms with Gasteiger partial charge >= 0.3 is 0 Å². The van der Waals surface area contributed by atoms with E-state index in [9.17, 15) is 0 Å². The topological polar surface area (TPSA) is 6.48 Å². The van der Waals surface area contributed by atoms with Crippen LogP contribution in [0.15, 0.2) is 0 Å². The van der Waals surface area contributed by atoms with Crippen molar-refractivity contribution in [1.82, 2.24) is 9.21 Å². The predicted molar refractivity (Wildman–Crippen MR) is 61.3 cm³/mol. The molecular formula is C9H22F2N2S. The van der Waals surface area contributed by atoms with Gasteiger partial charge in [-0.3, -0.25) is 14.3 Å². The van der Waals surface area contributed by atoms with E-state index in [1.165, 1.54) is 19.3 Å². The van der Waals surface area contributed by atoms with Crippen LogP contribution in [0.1, 0.15) is 33.1 Å². The molecule has 0 bridgehead atoms. The molecule has 5 heteroatoms. The van der Waals surface area contributed by atoms with Gasteiger partial charge in [-0.25, -0.2) is 4.31 Å².